The van der Waals surface area contributed by atoms with Crippen LogP contribution in [0.4, 0.5) is 22.9 Å². The van der Waals surface area contributed by atoms with Gasteiger partial charge in [0.25, 0.3) is 0 Å². The zero-order chi connectivity index (χ0) is 33.6. The second-order valence-corrected chi connectivity index (χ2v) is 12.9. The van der Waals surface area contributed by atoms with Crippen LogP contribution in [0.5, 0.6) is 5.75 Å². The average Bonchev–Trinajstić information content (AvgIpc) is 3.58. The Balaban J connectivity index is 1.28. The van der Waals surface area contributed by atoms with E-state index in [1.807, 2.05) is 26.0 Å². The molecule has 2 atom stereocenters. The van der Waals surface area contributed by atoms with Gasteiger partial charge in [-0.2, -0.15) is 0 Å². The van der Waals surface area contributed by atoms with Gasteiger partial charge in [0.1, 0.15) is 23.9 Å². The van der Waals surface area contributed by atoms with E-state index in [0.29, 0.717) is 47.7 Å². The largest absolute Gasteiger partial charge is 0.494 e. The maximum absolute atomic E-state index is 13.7. The number of amides is 3. The van der Waals surface area contributed by atoms with E-state index in [2.05, 4.69) is 48.3 Å². The number of fused-ring (bicyclic) bond motifs is 1. The zero-order valence-electron chi connectivity index (χ0n) is 27.9. The van der Waals surface area contributed by atoms with Crippen molar-refractivity contribution in [3.05, 3.63) is 42.7 Å². The minimum Gasteiger partial charge on any atom is -0.494 e. The van der Waals surface area contributed by atoms with E-state index in [-0.39, 0.29) is 30.2 Å². The highest BCUT2D eigenvalue weighted by Gasteiger charge is 2.37. The van der Waals surface area contributed by atoms with Crippen molar-refractivity contribution in [1.82, 2.24) is 25.5 Å². The van der Waals surface area contributed by atoms with Gasteiger partial charge >= 0.3 is 0 Å². The van der Waals surface area contributed by atoms with E-state index >= 15 is 0 Å². The number of nitrogens with one attached hydrogen (secondary N) is 4. The van der Waals surface area contributed by atoms with Crippen LogP contribution in [0.25, 0.3) is 10.9 Å². The third-order valence-electron chi connectivity index (χ3n) is 8.79. The molecule has 3 heterocycles. The van der Waals surface area contributed by atoms with Crippen LogP contribution < -0.4 is 30.9 Å². The van der Waals surface area contributed by atoms with Gasteiger partial charge in [0.05, 0.1) is 37.6 Å². The molecule has 2 aromatic carbocycles. The second kappa shape index (κ2) is 14.9. The van der Waals surface area contributed by atoms with Crippen LogP contribution in [0.1, 0.15) is 40.0 Å². The molecule has 4 N–H and O–H groups in total. The molecule has 252 valence electrons. The number of anilines is 4. The summed E-state index contributed by atoms with van der Waals surface area (Å²) in [5.41, 5.74) is 2.62. The number of hydrogen-bond donors (Lipinski definition) is 4. The molecule has 2 saturated heterocycles. The lowest BCUT2D eigenvalue weighted by molar-refractivity contribution is -0.138. The number of methoxy groups -OCH3 is 1. The Hall–Kier alpha value is -4.49. The second-order valence-electron chi connectivity index (χ2n) is 12.9. The zero-order valence-corrected chi connectivity index (χ0v) is 27.9. The molecule has 1 aromatic heterocycles. The molecule has 3 amide bonds. The van der Waals surface area contributed by atoms with E-state index in [4.69, 9.17) is 9.47 Å². The molecule has 2 aliphatic heterocycles. The maximum Gasteiger partial charge on any atom is 0.247 e. The van der Waals surface area contributed by atoms with E-state index in [0.717, 1.165) is 44.1 Å². The number of ether oxygens (including phenoxy) is 2. The highest BCUT2D eigenvalue weighted by Crippen LogP contribution is 2.34. The smallest absolute Gasteiger partial charge is 0.247 e. The van der Waals surface area contributed by atoms with Crippen molar-refractivity contribution in [3.63, 3.8) is 0 Å². The molecule has 2 fully saturated rings. The molecule has 0 radical (unpaired) electrons. The number of rotatable bonds is 12. The van der Waals surface area contributed by atoms with Crippen molar-refractivity contribution in [2.45, 2.75) is 52.1 Å². The van der Waals surface area contributed by atoms with Crippen molar-refractivity contribution < 1.29 is 23.9 Å². The Morgan fingerprint density at radius 2 is 1.83 bits per heavy atom. The number of aromatic nitrogens is 2. The quantitative estimate of drug-likeness (QED) is 0.231. The van der Waals surface area contributed by atoms with E-state index in [9.17, 15) is 14.4 Å². The van der Waals surface area contributed by atoms with Gasteiger partial charge in [-0.15, -0.1) is 0 Å². The first-order valence-electron chi connectivity index (χ1n) is 16.2. The Kier molecular flexibility index (Phi) is 10.8. The fourth-order valence-electron chi connectivity index (χ4n) is 5.90. The number of morpholine rings is 1. The van der Waals surface area contributed by atoms with E-state index < -0.39 is 11.5 Å². The summed E-state index contributed by atoms with van der Waals surface area (Å²) < 4.78 is 11.1. The van der Waals surface area contributed by atoms with Crippen LogP contribution >= 0.6 is 0 Å². The molecule has 13 heteroatoms. The molecule has 0 bridgehead atoms. The van der Waals surface area contributed by atoms with Crippen molar-refractivity contribution in [1.29, 1.82) is 0 Å². The molecule has 5 rings (SSSR count). The van der Waals surface area contributed by atoms with E-state index in [1.165, 1.54) is 13.4 Å². The van der Waals surface area contributed by atoms with Crippen LogP contribution in [0, 0.1) is 5.41 Å². The fourth-order valence-corrected chi connectivity index (χ4v) is 5.90. The van der Waals surface area contributed by atoms with Gasteiger partial charge in [0.15, 0.2) is 0 Å². The number of carbonyl (C=O) groups is 3. The number of carbonyl (C=O) groups excluding carboxylic acids is 3. The topological polar surface area (TPSA) is 150 Å². The molecule has 13 nitrogen and oxygen atoms in total. The summed E-state index contributed by atoms with van der Waals surface area (Å²) in [6.45, 7) is 9.66. The van der Waals surface area contributed by atoms with Crippen LogP contribution in [0.3, 0.4) is 0 Å². The fraction of sp³-hybridized carbons (Fsp3) is 0.500. The number of nitrogens with zero attached hydrogens (tertiary/aromatic N) is 4. The number of likely N-dealkylation sites (N-methyl/N-ethyl adjacent to an activating group) is 1. The highest BCUT2D eigenvalue weighted by molar-refractivity contribution is 6.02. The first kappa shape index (κ1) is 33.9. The van der Waals surface area contributed by atoms with Crippen LogP contribution in [0.2, 0.25) is 0 Å². The van der Waals surface area contributed by atoms with Crippen LogP contribution in [-0.2, 0) is 19.1 Å². The Bertz CT molecular complexity index is 1570. The van der Waals surface area contributed by atoms with Gasteiger partial charge < -0.3 is 40.5 Å². The Morgan fingerprint density at radius 3 is 2.53 bits per heavy atom. The van der Waals surface area contributed by atoms with Crippen molar-refractivity contribution in [2.24, 2.45) is 5.41 Å². The number of hydrogen-bond acceptors (Lipinski definition) is 10. The molecular formula is C34H46N8O5. The highest BCUT2D eigenvalue weighted by atomic mass is 16.5. The van der Waals surface area contributed by atoms with Crippen LogP contribution in [0.15, 0.2) is 42.7 Å². The lowest BCUT2D eigenvalue weighted by Gasteiger charge is -2.30. The lowest BCUT2D eigenvalue weighted by atomic mass is 9.88. The summed E-state index contributed by atoms with van der Waals surface area (Å²) in [6, 6.07) is 10.8. The SMILES string of the molecule is CN[C@@H](C)C(=O)NCC(C)(C)CC(=O)N1CCCC1C(=O)Nc1cc2c(Nc3ccc(N4CCOCC4)cc3)ncnc2cc1OC. The third kappa shape index (κ3) is 8.27. The average molecular weight is 647 g/mol. The standard InChI is InChI=1S/C34H46N8O5/c1-22(35-4)32(44)36-20-34(2,3)19-30(43)42-12-6-7-28(42)33(45)40-27-17-25-26(18-29(27)46-5)37-21-38-31(25)39-23-8-10-24(11-9-23)41-13-15-47-16-14-41/h8-11,17-18,21-22,28,35H,6-7,12-16,19-20H2,1-5H3,(H,36,44)(H,40,45)(H,37,38,39)/t22-,28?/m0/s1. The molecule has 47 heavy (non-hydrogen) atoms. The summed E-state index contributed by atoms with van der Waals surface area (Å²) in [6.07, 6.45) is 2.97. The predicted octanol–water partition coefficient (Wildman–Crippen LogP) is 3.29. The van der Waals surface area contributed by atoms with Gasteiger partial charge in [-0.1, -0.05) is 13.8 Å². The van der Waals surface area contributed by atoms with Gasteiger partial charge in [-0.25, -0.2) is 9.97 Å². The summed E-state index contributed by atoms with van der Waals surface area (Å²) in [5, 5.41) is 12.9. The molecule has 0 aliphatic carbocycles. The molecule has 1 unspecified atom stereocenters. The van der Waals surface area contributed by atoms with Crippen molar-refractivity contribution >= 4 is 51.5 Å². The molecule has 0 saturated carbocycles. The summed E-state index contributed by atoms with van der Waals surface area (Å²) in [7, 11) is 3.26. The molecular weight excluding hydrogens is 600 g/mol. The minimum absolute atomic E-state index is 0.117. The Morgan fingerprint density at radius 1 is 1.09 bits per heavy atom. The lowest BCUT2D eigenvalue weighted by Crippen LogP contribution is -2.47. The molecule has 2 aliphatic rings. The molecule has 0 spiro atoms. The number of benzene rings is 2. The van der Waals surface area contributed by atoms with Gasteiger partial charge in [-0.05, 0) is 62.6 Å². The summed E-state index contributed by atoms with van der Waals surface area (Å²) in [5.74, 6) is 0.514. The monoisotopic (exact) mass is 646 g/mol. The van der Waals surface area contributed by atoms with Crippen LogP contribution in [-0.4, -0.2) is 98.2 Å². The summed E-state index contributed by atoms with van der Waals surface area (Å²) in [4.78, 5) is 52.2. The van der Waals surface area contributed by atoms with E-state index in [1.54, 1.807) is 31.0 Å². The van der Waals surface area contributed by atoms with Crippen molar-refractivity contribution in [3.8, 4) is 5.75 Å². The third-order valence-corrected chi connectivity index (χ3v) is 8.79. The first-order valence-corrected chi connectivity index (χ1v) is 16.2. The van der Waals surface area contributed by atoms with Crippen molar-refractivity contribution in [2.75, 3.05) is 69.1 Å². The maximum atomic E-state index is 13.7. The summed E-state index contributed by atoms with van der Waals surface area (Å²) >= 11 is 0. The van der Waals surface area contributed by atoms with Gasteiger partial charge in [-0.3, -0.25) is 14.4 Å². The van der Waals surface area contributed by atoms with Gasteiger partial charge in [0, 0.05) is 55.4 Å². The predicted molar refractivity (Wildman–Crippen MR) is 182 cm³/mol. The van der Waals surface area contributed by atoms with Gasteiger partial charge in [0.2, 0.25) is 17.7 Å². The first-order chi connectivity index (χ1) is 22.6. The number of likely N-dealkylation sites (tertiary alicyclic amines) is 1. The molecule has 3 aromatic rings. The normalized spacial score (nSPS) is 17.3. The Labute approximate surface area is 275 Å². The minimum atomic E-state index is -0.618.